The second-order valence-electron chi connectivity index (χ2n) is 5.11. The average Bonchev–Trinajstić information content (AvgIpc) is 2.48. The summed E-state index contributed by atoms with van der Waals surface area (Å²) in [7, 11) is 3.33. The molecule has 118 valence electrons. The highest BCUT2D eigenvalue weighted by Gasteiger charge is 2.23. The van der Waals surface area contributed by atoms with Gasteiger partial charge in [-0.05, 0) is 25.1 Å². The molecule has 0 amide bonds. The highest BCUT2D eigenvalue weighted by molar-refractivity contribution is 5.42. The van der Waals surface area contributed by atoms with E-state index >= 15 is 0 Å². The molecule has 1 aromatic carbocycles. The van der Waals surface area contributed by atoms with Crippen LogP contribution in [0.15, 0.2) is 18.2 Å². The van der Waals surface area contributed by atoms with Crippen LogP contribution < -0.4 is 14.8 Å². The van der Waals surface area contributed by atoms with Crippen LogP contribution in [0.5, 0.6) is 11.5 Å². The van der Waals surface area contributed by atoms with Crippen LogP contribution in [0.2, 0.25) is 0 Å². The zero-order chi connectivity index (χ0) is 15.1. The molecule has 5 nitrogen and oxygen atoms in total. The molecule has 1 aliphatic heterocycles. The maximum absolute atomic E-state index is 5.87. The Balaban J connectivity index is 2.09. The van der Waals surface area contributed by atoms with Gasteiger partial charge in [0.15, 0.2) is 0 Å². The van der Waals surface area contributed by atoms with Gasteiger partial charge in [0.05, 0.1) is 40.1 Å². The third kappa shape index (κ3) is 4.33. The number of nitrogens with one attached hydrogen (secondary N) is 1. The molecule has 1 aliphatic rings. The minimum Gasteiger partial charge on any atom is -0.497 e. The summed E-state index contributed by atoms with van der Waals surface area (Å²) in [5.41, 5.74) is 1.09. The van der Waals surface area contributed by atoms with Crippen molar-refractivity contribution in [2.24, 2.45) is 0 Å². The Labute approximate surface area is 126 Å². The summed E-state index contributed by atoms with van der Waals surface area (Å²) in [4.78, 5) is 0. The van der Waals surface area contributed by atoms with Gasteiger partial charge in [0.1, 0.15) is 17.6 Å². The van der Waals surface area contributed by atoms with Crippen LogP contribution in [-0.4, -0.2) is 46.7 Å². The van der Waals surface area contributed by atoms with Crippen molar-refractivity contribution in [3.05, 3.63) is 23.8 Å². The van der Waals surface area contributed by atoms with Gasteiger partial charge in [-0.25, -0.2) is 0 Å². The molecule has 1 heterocycles. The summed E-state index contributed by atoms with van der Waals surface area (Å²) in [6, 6.07) is 5.99. The molecular formula is C16H25NO4. The van der Waals surface area contributed by atoms with Crippen molar-refractivity contribution >= 4 is 0 Å². The molecule has 0 saturated carbocycles. The van der Waals surface area contributed by atoms with Crippen LogP contribution in [0.3, 0.4) is 0 Å². The second kappa shape index (κ2) is 8.22. The lowest BCUT2D eigenvalue weighted by Gasteiger charge is -2.29. The molecule has 1 atom stereocenters. The van der Waals surface area contributed by atoms with E-state index in [-0.39, 0.29) is 12.1 Å². The Morgan fingerprint density at radius 2 is 2.10 bits per heavy atom. The van der Waals surface area contributed by atoms with E-state index in [9.17, 15) is 0 Å². The topological polar surface area (TPSA) is 49.0 Å². The van der Waals surface area contributed by atoms with Gasteiger partial charge in [-0.2, -0.15) is 0 Å². The van der Waals surface area contributed by atoms with E-state index in [2.05, 4.69) is 12.2 Å². The van der Waals surface area contributed by atoms with Gasteiger partial charge in [-0.1, -0.05) is 6.92 Å². The molecule has 1 saturated heterocycles. The number of hydrogen-bond acceptors (Lipinski definition) is 5. The Kier molecular flexibility index (Phi) is 6.29. The van der Waals surface area contributed by atoms with Crippen molar-refractivity contribution in [3.63, 3.8) is 0 Å². The van der Waals surface area contributed by atoms with Gasteiger partial charge < -0.3 is 24.3 Å². The summed E-state index contributed by atoms with van der Waals surface area (Å²) in [5, 5.41) is 3.51. The van der Waals surface area contributed by atoms with Crippen LogP contribution in [0, 0.1) is 0 Å². The predicted molar refractivity (Wildman–Crippen MR) is 81.1 cm³/mol. The summed E-state index contributed by atoms with van der Waals surface area (Å²) in [6.45, 7) is 5.08. The Morgan fingerprint density at radius 3 is 2.67 bits per heavy atom. The lowest BCUT2D eigenvalue weighted by molar-refractivity contribution is -0.133. The lowest BCUT2D eigenvalue weighted by atomic mass is 10.1. The van der Waals surface area contributed by atoms with E-state index in [0.29, 0.717) is 19.8 Å². The van der Waals surface area contributed by atoms with Crippen molar-refractivity contribution < 1.29 is 18.9 Å². The zero-order valence-electron chi connectivity index (χ0n) is 13.1. The Bertz CT molecular complexity index is 434. The Hall–Kier alpha value is -1.30. The molecule has 0 aliphatic carbocycles. The fraction of sp³-hybridized carbons (Fsp3) is 0.625. The maximum Gasteiger partial charge on any atom is 0.127 e. The zero-order valence-corrected chi connectivity index (χ0v) is 13.1. The molecule has 0 radical (unpaired) electrons. The largest absolute Gasteiger partial charge is 0.497 e. The third-order valence-corrected chi connectivity index (χ3v) is 3.56. The first kappa shape index (κ1) is 16.1. The normalized spacial score (nSPS) is 16.3. The van der Waals surface area contributed by atoms with Crippen LogP contribution in [0.4, 0.5) is 0 Å². The molecule has 0 bridgehead atoms. The van der Waals surface area contributed by atoms with E-state index in [1.807, 2.05) is 18.2 Å². The minimum atomic E-state index is 0.103. The molecule has 0 spiro atoms. The van der Waals surface area contributed by atoms with Crippen LogP contribution in [-0.2, 0) is 9.47 Å². The van der Waals surface area contributed by atoms with Gasteiger partial charge in [-0.15, -0.1) is 0 Å². The highest BCUT2D eigenvalue weighted by Crippen LogP contribution is 2.30. The van der Waals surface area contributed by atoms with E-state index in [1.54, 1.807) is 14.2 Å². The summed E-state index contributed by atoms with van der Waals surface area (Å²) in [6.07, 6.45) is 1.29. The first-order valence-electron chi connectivity index (χ1n) is 7.43. The van der Waals surface area contributed by atoms with Gasteiger partial charge in [0.25, 0.3) is 0 Å². The summed E-state index contributed by atoms with van der Waals surface area (Å²) >= 11 is 0. The maximum atomic E-state index is 5.87. The molecule has 5 heteroatoms. The minimum absolute atomic E-state index is 0.103. The molecular weight excluding hydrogens is 270 g/mol. The number of ether oxygens (including phenoxy) is 4. The standard InChI is InChI=1S/C16H25NO4/c1-4-7-17-15(11-21-13-9-20-10-13)14-6-5-12(18-2)8-16(14)19-3/h5-6,8,13,15,17H,4,7,9-11H2,1-3H3. The van der Waals surface area contributed by atoms with Gasteiger partial charge in [0, 0.05) is 11.6 Å². The number of benzene rings is 1. The number of rotatable bonds is 9. The van der Waals surface area contributed by atoms with Crippen LogP contribution in [0.1, 0.15) is 24.9 Å². The molecule has 21 heavy (non-hydrogen) atoms. The molecule has 0 aromatic heterocycles. The first-order chi connectivity index (χ1) is 10.3. The molecule has 2 rings (SSSR count). The summed E-state index contributed by atoms with van der Waals surface area (Å²) < 4.78 is 21.8. The predicted octanol–water partition coefficient (Wildman–Crippen LogP) is 2.16. The van der Waals surface area contributed by atoms with E-state index in [4.69, 9.17) is 18.9 Å². The highest BCUT2D eigenvalue weighted by atomic mass is 16.6. The van der Waals surface area contributed by atoms with Gasteiger partial charge in [-0.3, -0.25) is 0 Å². The van der Waals surface area contributed by atoms with E-state index in [0.717, 1.165) is 30.0 Å². The molecule has 1 unspecified atom stereocenters. The molecule has 1 aromatic rings. The van der Waals surface area contributed by atoms with Crippen molar-refractivity contribution in [1.82, 2.24) is 5.32 Å². The lowest BCUT2D eigenvalue weighted by Crippen LogP contribution is -2.38. The van der Waals surface area contributed by atoms with Crippen LogP contribution >= 0.6 is 0 Å². The third-order valence-electron chi connectivity index (χ3n) is 3.56. The molecule has 1 N–H and O–H groups in total. The smallest absolute Gasteiger partial charge is 0.127 e. The van der Waals surface area contributed by atoms with Crippen molar-refractivity contribution in [3.8, 4) is 11.5 Å². The van der Waals surface area contributed by atoms with Crippen molar-refractivity contribution in [1.29, 1.82) is 0 Å². The van der Waals surface area contributed by atoms with Gasteiger partial charge in [0.2, 0.25) is 0 Å². The quantitative estimate of drug-likeness (QED) is 0.756. The Morgan fingerprint density at radius 1 is 1.29 bits per heavy atom. The fourth-order valence-electron chi connectivity index (χ4n) is 2.23. The summed E-state index contributed by atoms with van der Waals surface area (Å²) in [5.74, 6) is 1.61. The molecule has 1 fully saturated rings. The van der Waals surface area contributed by atoms with Gasteiger partial charge >= 0.3 is 0 Å². The van der Waals surface area contributed by atoms with Crippen LogP contribution in [0.25, 0.3) is 0 Å². The monoisotopic (exact) mass is 295 g/mol. The second-order valence-corrected chi connectivity index (χ2v) is 5.11. The first-order valence-corrected chi connectivity index (χ1v) is 7.43. The average molecular weight is 295 g/mol. The van der Waals surface area contributed by atoms with Crippen molar-refractivity contribution in [2.45, 2.75) is 25.5 Å². The van der Waals surface area contributed by atoms with E-state index in [1.165, 1.54) is 0 Å². The fourth-order valence-corrected chi connectivity index (χ4v) is 2.23. The number of methoxy groups -OCH3 is 2. The van der Waals surface area contributed by atoms with E-state index < -0.39 is 0 Å². The SMILES string of the molecule is CCCNC(COC1COC1)c1ccc(OC)cc1OC. The number of hydrogen-bond donors (Lipinski definition) is 1. The van der Waals surface area contributed by atoms with Crippen molar-refractivity contribution in [2.75, 3.05) is 40.6 Å².